The second-order valence-electron chi connectivity index (χ2n) is 8.42. The van der Waals surface area contributed by atoms with Gasteiger partial charge in [-0.15, -0.1) is 0 Å². The molecular weight excluding hydrogens is 310 g/mol. The van der Waals surface area contributed by atoms with Crippen molar-refractivity contribution in [1.82, 2.24) is 19.4 Å². The van der Waals surface area contributed by atoms with Crippen LogP contribution in [0.2, 0.25) is 0 Å². The number of fused-ring (bicyclic) bond motifs is 2. The predicted octanol–water partition coefficient (Wildman–Crippen LogP) is 3.30. The van der Waals surface area contributed by atoms with E-state index in [2.05, 4.69) is 35.3 Å². The Morgan fingerprint density at radius 2 is 1.84 bits per heavy atom. The van der Waals surface area contributed by atoms with E-state index in [1.165, 1.54) is 61.1 Å². The fourth-order valence-corrected chi connectivity index (χ4v) is 5.60. The number of nitrogens with zero attached hydrogens (tertiary/aromatic N) is 5. The van der Waals surface area contributed by atoms with Gasteiger partial charge >= 0.3 is 0 Å². The summed E-state index contributed by atoms with van der Waals surface area (Å²) in [5.41, 5.74) is 3.93. The first-order valence-corrected chi connectivity index (χ1v) is 9.92. The molecule has 5 rings (SSSR count). The standard InChI is InChI=1S/C20H29N5/c1-13-14(2)25(16-6-4-5-7-16)20-18(13)19(21-12-22-20)24-10-15-8-9-23(3)17(15)11-24/h12,15-17H,4-11H2,1-3H3/t15-,17+/m1/s1. The van der Waals surface area contributed by atoms with E-state index in [0.717, 1.165) is 24.7 Å². The van der Waals surface area contributed by atoms with Crippen molar-refractivity contribution in [3.05, 3.63) is 17.6 Å². The van der Waals surface area contributed by atoms with Gasteiger partial charge in [0.2, 0.25) is 0 Å². The van der Waals surface area contributed by atoms with E-state index < -0.39 is 0 Å². The largest absolute Gasteiger partial charge is 0.354 e. The molecule has 2 saturated heterocycles. The zero-order valence-corrected chi connectivity index (χ0v) is 15.7. The second-order valence-corrected chi connectivity index (χ2v) is 8.42. The summed E-state index contributed by atoms with van der Waals surface area (Å²) in [6.45, 7) is 8.04. The lowest BCUT2D eigenvalue weighted by molar-refractivity contribution is 0.310. The Morgan fingerprint density at radius 3 is 2.60 bits per heavy atom. The molecule has 0 aromatic carbocycles. The summed E-state index contributed by atoms with van der Waals surface area (Å²) < 4.78 is 2.52. The third kappa shape index (κ3) is 2.24. The highest BCUT2D eigenvalue weighted by Gasteiger charge is 2.40. The van der Waals surface area contributed by atoms with E-state index in [1.807, 2.05) is 0 Å². The van der Waals surface area contributed by atoms with E-state index in [4.69, 9.17) is 9.97 Å². The van der Waals surface area contributed by atoms with E-state index in [0.29, 0.717) is 12.1 Å². The molecule has 0 bridgehead atoms. The molecule has 5 nitrogen and oxygen atoms in total. The lowest BCUT2D eigenvalue weighted by Gasteiger charge is -2.22. The van der Waals surface area contributed by atoms with Crippen LogP contribution in [-0.4, -0.2) is 52.2 Å². The summed E-state index contributed by atoms with van der Waals surface area (Å²) >= 11 is 0. The van der Waals surface area contributed by atoms with Crippen LogP contribution in [0.5, 0.6) is 0 Å². The fourth-order valence-electron chi connectivity index (χ4n) is 5.60. The molecule has 3 aliphatic rings. The molecular formula is C20H29N5. The molecule has 0 unspecified atom stereocenters. The summed E-state index contributed by atoms with van der Waals surface area (Å²) in [6, 6.07) is 1.33. The number of likely N-dealkylation sites (N-methyl/N-ethyl adjacent to an activating group) is 1. The first kappa shape index (κ1) is 15.6. The molecule has 1 aliphatic carbocycles. The number of aromatic nitrogens is 3. The van der Waals surface area contributed by atoms with Crippen molar-refractivity contribution in [2.45, 2.75) is 58.0 Å². The van der Waals surface area contributed by atoms with Gasteiger partial charge in [-0.3, -0.25) is 0 Å². The molecule has 2 aromatic heterocycles. The van der Waals surface area contributed by atoms with Crippen molar-refractivity contribution < 1.29 is 0 Å². The van der Waals surface area contributed by atoms with Gasteiger partial charge in [0.25, 0.3) is 0 Å². The Balaban J connectivity index is 1.59. The number of anilines is 1. The lowest BCUT2D eigenvalue weighted by Crippen LogP contribution is -2.32. The summed E-state index contributed by atoms with van der Waals surface area (Å²) in [5.74, 6) is 1.97. The molecule has 134 valence electrons. The maximum Gasteiger partial charge on any atom is 0.146 e. The van der Waals surface area contributed by atoms with Gasteiger partial charge in [0.05, 0.1) is 5.39 Å². The topological polar surface area (TPSA) is 37.2 Å². The number of aryl methyl sites for hydroxylation is 1. The Kier molecular flexibility index (Phi) is 3.56. The summed E-state index contributed by atoms with van der Waals surface area (Å²) in [7, 11) is 2.27. The number of likely N-dealkylation sites (tertiary alicyclic amines) is 1. The quantitative estimate of drug-likeness (QED) is 0.841. The molecule has 25 heavy (non-hydrogen) atoms. The average Bonchev–Trinajstić information content (AvgIpc) is 3.36. The van der Waals surface area contributed by atoms with Gasteiger partial charge in [-0.05, 0) is 58.2 Å². The van der Waals surface area contributed by atoms with Crippen LogP contribution in [0.15, 0.2) is 6.33 Å². The summed E-state index contributed by atoms with van der Waals surface area (Å²) in [4.78, 5) is 14.6. The summed E-state index contributed by atoms with van der Waals surface area (Å²) in [6.07, 6.45) is 8.40. The summed E-state index contributed by atoms with van der Waals surface area (Å²) in [5, 5.41) is 1.30. The SMILES string of the molecule is Cc1c(C)n(C2CCCC2)c2ncnc(N3C[C@H]4CCN(C)[C@H]4C3)c12. The van der Waals surface area contributed by atoms with Crippen molar-refractivity contribution in [3.8, 4) is 0 Å². The maximum atomic E-state index is 4.77. The average molecular weight is 339 g/mol. The van der Waals surface area contributed by atoms with Crippen LogP contribution < -0.4 is 4.90 Å². The second kappa shape index (κ2) is 5.70. The highest BCUT2D eigenvalue weighted by Crippen LogP contribution is 2.40. The highest BCUT2D eigenvalue weighted by atomic mass is 15.3. The Labute approximate surface area is 150 Å². The van der Waals surface area contributed by atoms with E-state index in [1.54, 1.807) is 6.33 Å². The van der Waals surface area contributed by atoms with Crippen LogP contribution >= 0.6 is 0 Å². The fraction of sp³-hybridized carbons (Fsp3) is 0.700. The third-order valence-corrected chi connectivity index (χ3v) is 7.13. The number of hydrogen-bond donors (Lipinski definition) is 0. The van der Waals surface area contributed by atoms with E-state index >= 15 is 0 Å². The molecule has 4 heterocycles. The molecule has 5 heteroatoms. The Bertz CT molecular complexity index is 804. The van der Waals surface area contributed by atoms with Crippen LogP contribution in [0.25, 0.3) is 11.0 Å². The molecule has 2 atom stereocenters. The number of hydrogen-bond acceptors (Lipinski definition) is 4. The molecule has 2 aromatic rings. The molecule has 2 aliphatic heterocycles. The van der Waals surface area contributed by atoms with Gasteiger partial charge in [-0.1, -0.05) is 12.8 Å². The van der Waals surface area contributed by atoms with Crippen LogP contribution in [0.1, 0.15) is 49.4 Å². The molecule has 0 amide bonds. The van der Waals surface area contributed by atoms with Crippen molar-refractivity contribution in [3.63, 3.8) is 0 Å². The van der Waals surface area contributed by atoms with Gasteiger partial charge in [0.15, 0.2) is 0 Å². The van der Waals surface area contributed by atoms with Gasteiger partial charge in [0.1, 0.15) is 17.8 Å². The minimum absolute atomic E-state index is 0.628. The Morgan fingerprint density at radius 1 is 1.04 bits per heavy atom. The van der Waals surface area contributed by atoms with Crippen molar-refractivity contribution in [2.24, 2.45) is 5.92 Å². The van der Waals surface area contributed by atoms with E-state index in [9.17, 15) is 0 Å². The van der Waals surface area contributed by atoms with Gasteiger partial charge in [-0.25, -0.2) is 9.97 Å². The van der Waals surface area contributed by atoms with Gasteiger partial charge < -0.3 is 14.4 Å². The normalized spacial score (nSPS) is 27.7. The van der Waals surface area contributed by atoms with Crippen molar-refractivity contribution >= 4 is 16.9 Å². The van der Waals surface area contributed by atoms with Crippen LogP contribution in [-0.2, 0) is 0 Å². The predicted molar refractivity (Wildman–Crippen MR) is 101 cm³/mol. The first-order valence-electron chi connectivity index (χ1n) is 9.92. The zero-order chi connectivity index (χ0) is 17.1. The highest BCUT2D eigenvalue weighted by molar-refractivity contribution is 5.92. The molecule has 0 radical (unpaired) electrons. The molecule has 0 spiro atoms. The van der Waals surface area contributed by atoms with Crippen LogP contribution in [0.3, 0.4) is 0 Å². The monoisotopic (exact) mass is 339 g/mol. The van der Waals surface area contributed by atoms with E-state index in [-0.39, 0.29) is 0 Å². The zero-order valence-electron chi connectivity index (χ0n) is 15.7. The maximum absolute atomic E-state index is 4.77. The minimum Gasteiger partial charge on any atom is -0.354 e. The molecule has 1 saturated carbocycles. The smallest absolute Gasteiger partial charge is 0.146 e. The lowest BCUT2D eigenvalue weighted by atomic mass is 10.1. The van der Waals surface area contributed by atoms with Gasteiger partial charge in [-0.2, -0.15) is 0 Å². The molecule has 0 N–H and O–H groups in total. The Hall–Kier alpha value is -1.62. The van der Waals surface area contributed by atoms with Crippen LogP contribution in [0, 0.1) is 19.8 Å². The minimum atomic E-state index is 0.628. The number of rotatable bonds is 2. The third-order valence-electron chi connectivity index (χ3n) is 7.13. The van der Waals surface area contributed by atoms with Crippen LogP contribution in [0.4, 0.5) is 5.82 Å². The first-order chi connectivity index (χ1) is 12.1. The van der Waals surface area contributed by atoms with Gasteiger partial charge in [0, 0.05) is 30.9 Å². The molecule has 3 fully saturated rings. The van der Waals surface area contributed by atoms with Crippen molar-refractivity contribution in [2.75, 3.05) is 31.6 Å². The van der Waals surface area contributed by atoms with Crippen molar-refractivity contribution in [1.29, 1.82) is 0 Å².